The van der Waals surface area contributed by atoms with E-state index in [1.165, 1.54) is 12.1 Å². The van der Waals surface area contributed by atoms with E-state index >= 15 is 0 Å². The molecule has 3 nitrogen and oxygen atoms in total. The van der Waals surface area contributed by atoms with Crippen LogP contribution in [0.5, 0.6) is 0 Å². The molecule has 1 aliphatic carbocycles. The van der Waals surface area contributed by atoms with Crippen LogP contribution in [-0.2, 0) is 10.9 Å². The van der Waals surface area contributed by atoms with Crippen LogP contribution in [0.15, 0.2) is 24.3 Å². The fourth-order valence-electron chi connectivity index (χ4n) is 3.19. The summed E-state index contributed by atoms with van der Waals surface area (Å²) in [5, 5.41) is 0. The molecular formula is C17H20F3NO2. The summed E-state index contributed by atoms with van der Waals surface area (Å²) in [4.78, 5) is 14.6. The fourth-order valence-corrected chi connectivity index (χ4v) is 3.19. The van der Waals surface area contributed by atoms with E-state index < -0.39 is 11.7 Å². The lowest BCUT2D eigenvalue weighted by atomic mass is 10.0. The molecule has 0 spiro atoms. The van der Waals surface area contributed by atoms with Gasteiger partial charge in [-0.1, -0.05) is 6.07 Å². The molecule has 0 radical (unpaired) electrons. The largest absolute Gasteiger partial charge is 0.416 e. The van der Waals surface area contributed by atoms with E-state index in [9.17, 15) is 18.0 Å². The third kappa shape index (κ3) is 3.68. The maximum absolute atomic E-state index is 12.9. The topological polar surface area (TPSA) is 29.5 Å². The summed E-state index contributed by atoms with van der Waals surface area (Å²) in [7, 11) is 0. The third-order valence-electron chi connectivity index (χ3n) is 4.46. The van der Waals surface area contributed by atoms with Crippen molar-refractivity contribution < 1.29 is 22.7 Å². The normalized spacial score (nSPS) is 25.2. The summed E-state index contributed by atoms with van der Waals surface area (Å²) < 4.78 is 44.1. The van der Waals surface area contributed by atoms with Crippen molar-refractivity contribution in [2.75, 3.05) is 6.61 Å². The van der Waals surface area contributed by atoms with E-state index in [0.717, 1.165) is 37.8 Å². The van der Waals surface area contributed by atoms with Crippen molar-refractivity contribution in [3.63, 3.8) is 0 Å². The number of hydrogen-bond donors (Lipinski definition) is 0. The molecule has 2 aliphatic rings. The molecule has 0 aromatic heterocycles. The van der Waals surface area contributed by atoms with Gasteiger partial charge in [-0.15, -0.1) is 0 Å². The molecule has 1 aliphatic heterocycles. The van der Waals surface area contributed by atoms with Crippen LogP contribution in [0.4, 0.5) is 13.2 Å². The Balaban J connectivity index is 1.84. The molecular weight excluding hydrogens is 307 g/mol. The first-order valence-electron chi connectivity index (χ1n) is 7.98. The van der Waals surface area contributed by atoms with Gasteiger partial charge >= 0.3 is 6.18 Å². The van der Waals surface area contributed by atoms with Crippen molar-refractivity contribution >= 4 is 5.91 Å². The summed E-state index contributed by atoms with van der Waals surface area (Å²) in [5.74, 6) is -0.294. The highest BCUT2D eigenvalue weighted by atomic mass is 19.4. The Kier molecular flexibility index (Phi) is 4.36. The number of benzene rings is 1. The average molecular weight is 327 g/mol. The van der Waals surface area contributed by atoms with Gasteiger partial charge in [0.05, 0.1) is 11.7 Å². The fraction of sp³-hybridized carbons (Fsp3) is 0.588. The van der Waals surface area contributed by atoms with Crippen molar-refractivity contribution in [2.45, 2.75) is 57.0 Å². The summed E-state index contributed by atoms with van der Waals surface area (Å²) in [5.41, 5.74) is -0.662. The zero-order chi connectivity index (χ0) is 16.6. The van der Waals surface area contributed by atoms with Crippen molar-refractivity contribution in [1.82, 2.24) is 4.90 Å². The Morgan fingerprint density at radius 2 is 1.96 bits per heavy atom. The van der Waals surface area contributed by atoms with Gasteiger partial charge in [-0.3, -0.25) is 4.79 Å². The molecule has 0 unspecified atom stereocenters. The molecule has 126 valence electrons. The smallest absolute Gasteiger partial charge is 0.378 e. The molecule has 1 aromatic rings. The molecule has 1 amide bonds. The second kappa shape index (κ2) is 6.15. The Labute approximate surface area is 133 Å². The first kappa shape index (κ1) is 16.3. The number of nitrogens with zero attached hydrogens (tertiary/aromatic N) is 1. The van der Waals surface area contributed by atoms with Crippen LogP contribution in [-0.4, -0.2) is 35.6 Å². The second-order valence-corrected chi connectivity index (χ2v) is 6.38. The lowest BCUT2D eigenvalue weighted by Gasteiger charge is -2.37. The van der Waals surface area contributed by atoms with E-state index in [2.05, 4.69) is 0 Å². The van der Waals surface area contributed by atoms with Crippen molar-refractivity contribution in [3.05, 3.63) is 35.4 Å². The number of amides is 1. The molecule has 1 saturated carbocycles. The number of carbonyl (C=O) groups is 1. The van der Waals surface area contributed by atoms with E-state index in [1.807, 2.05) is 6.92 Å². The SMILES string of the molecule is C[C@@H]1C[C@H](N(C(=O)c2cccc(C(F)(F)F)c2)C2CC2)CCO1. The van der Waals surface area contributed by atoms with Gasteiger partial charge in [0, 0.05) is 24.3 Å². The van der Waals surface area contributed by atoms with E-state index in [-0.39, 0.29) is 29.7 Å². The molecule has 23 heavy (non-hydrogen) atoms. The van der Waals surface area contributed by atoms with Gasteiger partial charge < -0.3 is 9.64 Å². The predicted octanol–water partition coefficient (Wildman–Crippen LogP) is 3.88. The minimum atomic E-state index is -4.44. The van der Waals surface area contributed by atoms with Gasteiger partial charge in [-0.2, -0.15) is 13.2 Å². The molecule has 0 N–H and O–H groups in total. The molecule has 3 rings (SSSR count). The quantitative estimate of drug-likeness (QED) is 0.843. The lowest BCUT2D eigenvalue weighted by molar-refractivity contribution is -0.137. The summed E-state index contributed by atoms with van der Waals surface area (Å²) in [6.45, 7) is 2.55. The Morgan fingerprint density at radius 1 is 1.22 bits per heavy atom. The predicted molar refractivity (Wildman–Crippen MR) is 79.1 cm³/mol. The van der Waals surface area contributed by atoms with Crippen molar-refractivity contribution in [2.24, 2.45) is 0 Å². The van der Waals surface area contributed by atoms with E-state index in [4.69, 9.17) is 4.74 Å². The monoisotopic (exact) mass is 327 g/mol. The number of carbonyl (C=O) groups excluding carboxylic acids is 1. The average Bonchev–Trinajstić information content (AvgIpc) is 3.31. The Morgan fingerprint density at radius 3 is 2.57 bits per heavy atom. The summed E-state index contributed by atoms with van der Waals surface area (Å²) >= 11 is 0. The minimum absolute atomic E-state index is 0.0493. The standard InChI is InChI=1S/C17H20F3NO2/c1-11-9-15(7-8-23-11)21(14-5-6-14)16(22)12-3-2-4-13(10-12)17(18,19)20/h2-4,10-11,14-15H,5-9H2,1H3/t11-,15-/m1/s1. The van der Waals surface area contributed by atoms with Crippen LogP contribution in [0.25, 0.3) is 0 Å². The molecule has 0 bridgehead atoms. The van der Waals surface area contributed by atoms with E-state index in [1.54, 1.807) is 4.90 Å². The summed E-state index contributed by atoms with van der Waals surface area (Å²) in [6, 6.07) is 4.93. The zero-order valence-electron chi connectivity index (χ0n) is 13.0. The minimum Gasteiger partial charge on any atom is -0.378 e. The lowest BCUT2D eigenvalue weighted by Crippen LogP contribution is -2.46. The van der Waals surface area contributed by atoms with Gasteiger partial charge in [0.1, 0.15) is 0 Å². The third-order valence-corrected chi connectivity index (χ3v) is 4.46. The van der Waals surface area contributed by atoms with Crippen LogP contribution in [0, 0.1) is 0 Å². The van der Waals surface area contributed by atoms with Gasteiger partial charge in [0.25, 0.3) is 5.91 Å². The zero-order valence-corrected chi connectivity index (χ0v) is 13.0. The van der Waals surface area contributed by atoms with Gasteiger partial charge in [-0.25, -0.2) is 0 Å². The molecule has 6 heteroatoms. The van der Waals surface area contributed by atoms with Crippen LogP contribution in [0.2, 0.25) is 0 Å². The van der Waals surface area contributed by atoms with Crippen LogP contribution >= 0.6 is 0 Å². The van der Waals surface area contributed by atoms with Crippen molar-refractivity contribution in [1.29, 1.82) is 0 Å². The molecule has 2 atom stereocenters. The highest BCUT2D eigenvalue weighted by Gasteiger charge is 2.40. The molecule has 1 aromatic carbocycles. The van der Waals surface area contributed by atoms with Gasteiger partial charge in [0.2, 0.25) is 0 Å². The molecule has 2 fully saturated rings. The van der Waals surface area contributed by atoms with E-state index in [0.29, 0.717) is 6.61 Å². The highest BCUT2D eigenvalue weighted by molar-refractivity contribution is 5.95. The van der Waals surface area contributed by atoms with Crippen LogP contribution in [0.3, 0.4) is 0 Å². The van der Waals surface area contributed by atoms with Crippen molar-refractivity contribution in [3.8, 4) is 0 Å². The Hall–Kier alpha value is -1.56. The maximum Gasteiger partial charge on any atom is 0.416 e. The number of ether oxygens (including phenoxy) is 1. The first-order valence-corrected chi connectivity index (χ1v) is 7.98. The van der Waals surface area contributed by atoms with Crippen LogP contribution in [0.1, 0.15) is 48.5 Å². The molecule has 1 saturated heterocycles. The van der Waals surface area contributed by atoms with Gasteiger partial charge in [-0.05, 0) is 50.8 Å². The first-order chi connectivity index (χ1) is 10.9. The maximum atomic E-state index is 12.9. The summed E-state index contributed by atoms with van der Waals surface area (Å²) in [6.07, 6.45) is -1.03. The highest BCUT2D eigenvalue weighted by Crippen LogP contribution is 2.35. The van der Waals surface area contributed by atoms with Gasteiger partial charge in [0.15, 0.2) is 0 Å². The number of alkyl halides is 3. The van der Waals surface area contributed by atoms with Crippen LogP contribution < -0.4 is 0 Å². The molecule has 1 heterocycles. The Bertz CT molecular complexity index is 583. The second-order valence-electron chi connectivity index (χ2n) is 6.38. The number of hydrogen-bond acceptors (Lipinski definition) is 2. The number of rotatable bonds is 3. The number of halogens is 3.